The average molecular weight is 300 g/mol. The molecule has 10 nitrogen and oxygen atoms in total. The Morgan fingerprint density at radius 2 is 2.19 bits per heavy atom. The molecule has 0 fully saturated rings. The predicted molar refractivity (Wildman–Crippen MR) is 77.1 cm³/mol. The first-order valence-electron chi connectivity index (χ1n) is 6.27. The van der Waals surface area contributed by atoms with Gasteiger partial charge in [0.05, 0.1) is 24.2 Å². The number of hydrogen-bond acceptors (Lipinski definition) is 9. The summed E-state index contributed by atoms with van der Waals surface area (Å²) in [5, 5.41) is 11.3. The van der Waals surface area contributed by atoms with Gasteiger partial charge in [0, 0.05) is 20.8 Å². The highest BCUT2D eigenvalue weighted by molar-refractivity contribution is 5.70. The van der Waals surface area contributed by atoms with Crippen molar-refractivity contribution in [2.45, 2.75) is 13.0 Å². The second-order valence-corrected chi connectivity index (χ2v) is 4.29. The number of anilines is 2. The van der Waals surface area contributed by atoms with Crippen LogP contribution in [0.3, 0.4) is 0 Å². The van der Waals surface area contributed by atoms with E-state index in [1.54, 1.807) is 19.1 Å². The maximum absolute atomic E-state index is 11.3. The van der Waals surface area contributed by atoms with E-state index in [0.29, 0.717) is 19.8 Å². The van der Waals surface area contributed by atoms with E-state index in [9.17, 15) is 10.1 Å². The first-order valence-corrected chi connectivity index (χ1v) is 6.27. The minimum atomic E-state index is -0.566. The molecule has 0 saturated carbocycles. The normalized spacial score (nSPS) is 12.0. The van der Waals surface area contributed by atoms with E-state index >= 15 is 0 Å². The zero-order valence-electron chi connectivity index (χ0n) is 12.3. The molecule has 0 amide bonds. The van der Waals surface area contributed by atoms with Crippen LogP contribution in [-0.4, -0.2) is 54.9 Å². The van der Waals surface area contributed by atoms with Gasteiger partial charge in [0.2, 0.25) is 11.6 Å². The van der Waals surface area contributed by atoms with Crippen molar-refractivity contribution in [2.24, 2.45) is 5.84 Å². The third-order valence-corrected chi connectivity index (χ3v) is 2.87. The summed E-state index contributed by atoms with van der Waals surface area (Å²) >= 11 is 0. The van der Waals surface area contributed by atoms with Gasteiger partial charge < -0.3 is 19.8 Å². The van der Waals surface area contributed by atoms with Crippen molar-refractivity contribution in [1.82, 2.24) is 9.97 Å². The number of nitrogens with zero attached hydrogens (tertiary/aromatic N) is 4. The van der Waals surface area contributed by atoms with E-state index < -0.39 is 4.92 Å². The van der Waals surface area contributed by atoms with Crippen LogP contribution < -0.4 is 16.2 Å². The van der Waals surface area contributed by atoms with Gasteiger partial charge in [0.25, 0.3) is 0 Å². The van der Waals surface area contributed by atoms with Crippen molar-refractivity contribution < 1.29 is 14.4 Å². The topological polar surface area (TPSA) is 129 Å². The Kier molecular flexibility index (Phi) is 6.72. The second-order valence-electron chi connectivity index (χ2n) is 4.29. The molecule has 10 heteroatoms. The highest BCUT2D eigenvalue weighted by Gasteiger charge is 2.29. The molecular weight excluding hydrogens is 280 g/mol. The van der Waals surface area contributed by atoms with Crippen LogP contribution >= 0.6 is 0 Å². The number of methoxy groups -OCH3 is 2. The lowest BCUT2D eigenvalue weighted by Crippen LogP contribution is -2.39. The molecule has 1 atom stereocenters. The maximum atomic E-state index is 11.3. The Hall–Kier alpha value is -2.04. The lowest BCUT2D eigenvalue weighted by molar-refractivity contribution is -0.383. The quantitative estimate of drug-likeness (QED) is 0.372. The van der Waals surface area contributed by atoms with Gasteiger partial charge in [0.1, 0.15) is 6.33 Å². The third kappa shape index (κ3) is 4.21. The van der Waals surface area contributed by atoms with E-state index in [0.717, 1.165) is 0 Å². The molecule has 1 rings (SSSR count). The molecule has 1 aromatic rings. The molecule has 0 radical (unpaired) electrons. The summed E-state index contributed by atoms with van der Waals surface area (Å²) in [6.45, 7) is 3.07. The number of nitrogens with two attached hydrogens (primary N) is 1. The molecule has 0 aromatic carbocycles. The van der Waals surface area contributed by atoms with Crippen LogP contribution in [0.15, 0.2) is 6.33 Å². The summed E-state index contributed by atoms with van der Waals surface area (Å²) in [6.07, 6.45) is 1.22. The predicted octanol–water partition coefficient (Wildman–Crippen LogP) is 0.158. The average Bonchev–Trinajstić information content (AvgIpc) is 2.47. The van der Waals surface area contributed by atoms with Gasteiger partial charge in [-0.1, -0.05) is 0 Å². The van der Waals surface area contributed by atoms with E-state index in [2.05, 4.69) is 15.4 Å². The number of nitrogen functional groups attached to an aromatic ring is 1. The number of nitro groups is 1. The largest absolute Gasteiger partial charge is 0.383 e. The summed E-state index contributed by atoms with van der Waals surface area (Å²) in [6, 6.07) is -0.135. The van der Waals surface area contributed by atoms with Gasteiger partial charge >= 0.3 is 5.69 Å². The van der Waals surface area contributed by atoms with Gasteiger partial charge in [-0.15, -0.1) is 0 Å². The van der Waals surface area contributed by atoms with Crippen molar-refractivity contribution in [2.75, 3.05) is 44.3 Å². The van der Waals surface area contributed by atoms with Crippen LogP contribution in [0.4, 0.5) is 17.3 Å². The Morgan fingerprint density at radius 1 is 1.48 bits per heavy atom. The number of nitrogens with one attached hydrogen (secondary N) is 1. The first kappa shape index (κ1) is 17.0. The van der Waals surface area contributed by atoms with Gasteiger partial charge in [0.15, 0.2) is 0 Å². The number of rotatable bonds is 9. The number of aromatic nitrogens is 2. The van der Waals surface area contributed by atoms with Crippen molar-refractivity contribution in [1.29, 1.82) is 0 Å². The summed E-state index contributed by atoms with van der Waals surface area (Å²) in [4.78, 5) is 20.3. The molecule has 1 aromatic heterocycles. The van der Waals surface area contributed by atoms with Crippen molar-refractivity contribution in [3.8, 4) is 0 Å². The highest BCUT2D eigenvalue weighted by Crippen LogP contribution is 2.32. The lowest BCUT2D eigenvalue weighted by Gasteiger charge is -2.29. The molecule has 0 aliphatic carbocycles. The Labute approximate surface area is 122 Å². The van der Waals surface area contributed by atoms with Crippen molar-refractivity contribution in [3.05, 3.63) is 16.4 Å². The number of hydrogen-bond donors (Lipinski definition) is 2. The van der Waals surface area contributed by atoms with Crippen LogP contribution in [-0.2, 0) is 9.47 Å². The minimum Gasteiger partial charge on any atom is -0.383 e. The Balaban J connectivity index is 3.25. The van der Waals surface area contributed by atoms with Crippen LogP contribution in [0, 0.1) is 10.1 Å². The molecule has 0 aliphatic heterocycles. The zero-order chi connectivity index (χ0) is 15.8. The first-order chi connectivity index (χ1) is 10.1. The van der Waals surface area contributed by atoms with Crippen molar-refractivity contribution >= 4 is 17.3 Å². The fourth-order valence-electron chi connectivity index (χ4n) is 1.91. The summed E-state index contributed by atoms with van der Waals surface area (Å²) in [5.74, 6) is 5.41. The van der Waals surface area contributed by atoms with Gasteiger partial charge in [-0.25, -0.2) is 15.8 Å². The van der Waals surface area contributed by atoms with Gasteiger partial charge in [-0.2, -0.15) is 0 Å². The molecule has 3 N–H and O–H groups in total. The standard InChI is InChI=1S/C11H20N6O4/c1-8(6-21-3)16(4-5-20-2)11-9(17(18)19)10(15-12)13-7-14-11/h7-8H,4-6,12H2,1-3H3,(H,13,14,15). The molecule has 21 heavy (non-hydrogen) atoms. The van der Waals surface area contributed by atoms with E-state index in [1.807, 2.05) is 6.92 Å². The van der Waals surface area contributed by atoms with E-state index in [-0.39, 0.29) is 23.4 Å². The molecule has 0 spiro atoms. The molecule has 1 heterocycles. The Bertz CT molecular complexity index is 472. The number of ether oxygens (including phenoxy) is 2. The molecule has 118 valence electrons. The smallest absolute Gasteiger partial charge is 0.354 e. The van der Waals surface area contributed by atoms with Gasteiger partial charge in [-0.3, -0.25) is 10.1 Å². The zero-order valence-corrected chi connectivity index (χ0v) is 12.3. The maximum Gasteiger partial charge on any atom is 0.354 e. The monoisotopic (exact) mass is 300 g/mol. The number of hydrazine groups is 1. The highest BCUT2D eigenvalue weighted by atomic mass is 16.6. The van der Waals surface area contributed by atoms with Crippen LogP contribution in [0.1, 0.15) is 6.92 Å². The molecule has 0 aliphatic rings. The fraction of sp³-hybridized carbons (Fsp3) is 0.636. The van der Waals surface area contributed by atoms with Crippen LogP contribution in [0.2, 0.25) is 0 Å². The fourth-order valence-corrected chi connectivity index (χ4v) is 1.91. The lowest BCUT2D eigenvalue weighted by atomic mass is 10.2. The molecule has 0 saturated heterocycles. The van der Waals surface area contributed by atoms with Gasteiger partial charge in [-0.05, 0) is 6.92 Å². The Morgan fingerprint density at radius 3 is 2.71 bits per heavy atom. The SMILES string of the molecule is COCCN(c1ncnc(NN)c1[N+](=O)[O-])C(C)COC. The van der Waals surface area contributed by atoms with E-state index in [4.69, 9.17) is 15.3 Å². The molecule has 1 unspecified atom stereocenters. The molecule has 0 bridgehead atoms. The van der Waals surface area contributed by atoms with Crippen LogP contribution in [0.25, 0.3) is 0 Å². The molecular formula is C11H20N6O4. The van der Waals surface area contributed by atoms with E-state index in [1.165, 1.54) is 6.33 Å². The summed E-state index contributed by atoms with van der Waals surface area (Å²) < 4.78 is 10.1. The van der Waals surface area contributed by atoms with Crippen LogP contribution in [0.5, 0.6) is 0 Å². The minimum absolute atomic E-state index is 0.0444. The summed E-state index contributed by atoms with van der Waals surface area (Å²) in [5.41, 5.74) is 1.94. The second kappa shape index (κ2) is 8.29. The summed E-state index contributed by atoms with van der Waals surface area (Å²) in [7, 11) is 3.12. The van der Waals surface area contributed by atoms with Crippen molar-refractivity contribution in [3.63, 3.8) is 0 Å². The third-order valence-electron chi connectivity index (χ3n) is 2.87.